The lowest BCUT2D eigenvalue weighted by atomic mass is 9.82. The second kappa shape index (κ2) is 8.91. The van der Waals surface area contributed by atoms with E-state index in [4.69, 9.17) is 15.5 Å². The van der Waals surface area contributed by atoms with Crippen LogP contribution in [0.3, 0.4) is 0 Å². The largest absolute Gasteiger partial charge is 0.378 e. The molecule has 3 aromatic heterocycles. The van der Waals surface area contributed by atoms with Crippen molar-refractivity contribution in [3.05, 3.63) is 41.5 Å². The van der Waals surface area contributed by atoms with Crippen molar-refractivity contribution in [2.24, 2.45) is 18.7 Å². The molecular formula is C25H35N7O. The fourth-order valence-electron chi connectivity index (χ4n) is 5.45. The Morgan fingerprint density at radius 2 is 1.94 bits per heavy atom. The van der Waals surface area contributed by atoms with Gasteiger partial charge in [-0.25, -0.2) is 4.98 Å². The Bertz CT molecular complexity index is 1140. The van der Waals surface area contributed by atoms with Crippen LogP contribution in [0.4, 0.5) is 11.4 Å². The first-order valence-electron chi connectivity index (χ1n) is 12.0. The minimum Gasteiger partial charge on any atom is -0.378 e. The fraction of sp³-hybridized carbons (Fsp3) is 0.560. The third-order valence-corrected chi connectivity index (χ3v) is 7.17. The van der Waals surface area contributed by atoms with E-state index in [0.29, 0.717) is 25.0 Å². The van der Waals surface area contributed by atoms with Crippen LogP contribution in [-0.2, 0) is 11.8 Å². The Kier molecular flexibility index (Phi) is 5.97. The van der Waals surface area contributed by atoms with Gasteiger partial charge in [0.2, 0.25) is 0 Å². The van der Waals surface area contributed by atoms with Crippen LogP contribution >= 0.6 is 0 Å². The number of nitrogens with zero attached hydrogens (tertiary/aromatic N) is 6. The molecule has 3 atom stereocenters. The Labute approximate surface area is 195 Å². The predicted octanol–water partition coefficient (Wildman–Crippen LogP) is 2.77. The van der Waals surface area contributed by atoms with Crippen LogP contribution in [-0.4, -0.2) is 65.2 Å². The zero-order chi connectivity index (χ0) is 23.1. The fourth-order valence-corrected chi connectivity index (χ4v) is 5.45. The van der Waals surface area contributed by atoms with Crippen LogP contribution in [0.5, 0.6) is 0 Å². The van der Waals surface area contributed by atoms with Crippen LogP contribution in [0, 0.1) is 19.8 Å². The number of aryl methyl sites for hydroxylation is 3. The smallest absolute Gasteiger partial charge is 0.159 e. The summed E-state index contributed by atoms with van der Waals surface area (Å²) in [5.41, 5.74) is 13.0. The zero-order valence-corrected chi connectivity index (χ0v) is 20.2. The van der Waals surface area contributed by atoms with E-state index in [-0.39, 0.29) is 6.04 Å². The first-order valence-corrected chi connectivity index (χ1v) is 12.0. The summed E-state index contributed by atoms with van der Waals surface area (Å²) in [7, 11) is 1.96. The molecule has 0 bridgehead atoms. The Morgan fingerprint density at radius 1 is 1.09 bits per heavy atom. The molecule has 0 radical (unpaired) electrons. The lowest BCUT2D eigenvalue weighted by Gasteiger charge is -2.39. The van der Waals surface area contributed by atoms with Crippen LogP contribution in [0.1, 0.15) is 36.2 Å². The molecule has 5 heterocycles. The van der Waals surface area contributed by atoms with Crippen LogP contribution in [0.15, 0.2) is 24.5 Å². The predicted molar refractivity (Wildman–Crippen MR) is 132 cm³/mol. The second-order valence-corrected chi connectivity index (χ2v) is 9.78. The van der Waals surface area contributed by atoms with Crippen LogP contribution in [0.2, 0.25) is 0 Å². The van der Waals surface area contributed by atoms with Gasteiger partial charge in [0.25, 0.3) is 0 Å². The van der Waals surface area contributed by atoms with Gasteiger partial charge in [-0.05, 0) is 43.9 Å². The summed E-state index contributed by atoms with van der Waals surface area (Å²) >= 11 is 0. The number of hydrogen-bond acceptors (Lipinski definition) is 7. The normalized spacial score (nSPS) is 24.3. The van der Waals surface area contributed by atoms with Gasteiger partial charge >= 0.3 is 0 Å². The molecule has 3 aromatic rings. The minimum atomic E-state index is 0.0416. The first-order chi connectivity index (χ1) is 15.9. The molecule has 0 aliphatic carbocycles. The van der Waals surface area contributed by atoms with Crippen molar-refractivity contribution in [2.45, 2.75) is 39.2 Å². The molecule has 8 nitrogen and oxygen atoms in total. The number of piperidine rings is 1. The van der Waals surface area contributed by atoms with Gasteiger partial charge in [0.1, 0.15) is 0 Å². The molecule has 2 aliphatic heterocycles. The molecule has 2 aliphatic rings. The second-order valence-electron chi connectivity index (χ2n) is 9.78. The third-order valence-electron chi connectivity index (χ3n) is 7.17. The molecule has 0 aromatic carbocycles. The van der Waals surface area contributed by atoms with Gasteiger partial charge in [-0.15, -0.1) is 0 Å². The summed E-state index contributed by atoms with van der Waals surface area (Å²) in [4.78, 5) is 14.5. The molecule has 8 heteroatoms. The number of pyridine rings is 2. The van der Waals surface area contributed by atoms with E-state index < -0.39 is 0 Å². The minimum absolute atomic E-state index is 0.0416. The van der Waals surface area contributed by atoms with Crippen molar-refractivity contribution in [1.82, 2.24) is 19.7 Å². The average molecular weight is 450 g/mol. The summed E-state index contributed by atoms with van der Waals surface area (Å²) < 4.78 is 7.46. The monoisotopic (exact) mass is 449 g/mol. The van der Waals surface area contributed by atoms with Gasteiger partial charge in [0, 0.05) is 56.6 Å². The van der Waals surface area contributed by atoms with Gasteiger partial charge in [-0.3, -0.25) is 9.67 Å². The number of nitrogens with two attached hydrogens (primary N) is 1. The van der Waals surface area contributed by atoms with Gasteiger partial charge in [-0.1, -0.05) is 6.92 Å². The topological polar surface area (TPSA) is 85.3 Å². The lowest BCUT2D eigenvalue weighted by Crippen LogP contribution is -2.39. The van der Waals surface area contributed by atoms with Crippen LogP contribution < -0.4 is 15.5 Å². The highest BCUT2D eigenvalue weighted by molar-refractivity contribution is 5.89. The van der Waals surface area contributed by atoms with E-state index >= 15 is 0 Å². The Morgan fingerprint density at radius 3 is 2.73 bits per heavy atom. The van der Waals surface area contributed by atoms with Crippen molar-refractivity contribution >= 4 is 22.4 Å². The van der Waals surface area contributed by atoms with Gasteiger partial charge in [0.15, 0.2) is 5.65 Å². The van der Waals surface area contributed by atoms with Crippen molar-refractivity contribution < 1.29 is 4.74 Å². The van der Waals surface area contributed by atoms with Crippen molar-refractivity contribution in [2.75, 3.05) is 49.2 Å². The van der Waals surface area contributed by atoms with Crippen LogP contribution in [0.25, 0.3) is 11.0 Å². The highest BCUT2D eigenvalue weighted by Crippen LogP contribution is 2.37. The van der Waals surface area contributed by atoms with E-state index in [9.17, 15) is 0 Å². The number of hydrogen-bond donors (Lipinski definition) is 1. The van der Waals surface area contributed by atoms with Gasteiger partial charge in [-0.2, -0.15) is 5.10 Å². The lowest BCUT2D eigenvalue weighted by molar-refractivity contribution is 0.143. The molecule has 2 N–H and O–H groups in total. The molecule has 2 saturated heterocycles. The first kappa shape index (κ1) is 22.1. The summed E-state index contributed by atoms with van der Waals surface area (Å²) in [5.74, 6) is 0.952. The number of anilines is 2. The molecule has 176 valence electrons. The number of rotatable bonds is 3. The van der Waals surface area contributed by atoms with E-state index in [1.54, 1.807) is 0 Å². The van der Waals surface area contributed by atoms with Gasteiger partial charge in [0.05, 0.1) is 42.4 Å². The van der Waals surface area contributed by atoms with Crippen molar-refractivity contribution in [1.29, 1.82) is 0 Å². The average Bonchev–Trinajstić information content (AvgIpc) is 3.01. The molecule has 0 saturated carbocycles. The van der Waals surface area contributed by atoms with Crippen molar-refractivity contribution in [3.63, 3.8) is 0 Å². The summed E-state index contributed by atoms with van der Waals surface area (Å²) in [6.45, 7) is 11.6. The molecule has 33 heavy (non-hydrogen) atoms. The van der Waals surface area contributed by atoms with E-state index in [0.717, 1.165) is 55.0 Å². The van der Waals surface area contributed by atoms with E-state index in [1.807, 2.05) is 24.1 Å². The standard InChI is InChI=1S/C25H35N7O/c1-16-9-20(31-7-8-33-15-19(26)14-31)11-27-24(16)21-5-6-32(13-17(21)2)23-10-18(3)29-25-22(23)12-28-30(25)4/h9-12,17,19,21H,5-8,13-15,26H2,1-4H3/t17-,19+,21-/m1/s1. The van der Waals surface area contributed by atoms with E-state index in [2.05, 4.69) is 52.8 Å². The SMILES string of the molecule is Cc1cc(N2CC[C@@H](c3ncc(N4CCOC[C@@H](N)C4)cc3C)[C@H](C)C2)c2cnn(C)c2n1. The molecule has 0 spiro atoms. The quantitative estimate of drug-likeness (QED) is 0.658. The molecule has 2 fully saturated rings. The summed E-state index contributed by atoms with van der Waals surface area (Å²) in [6.07, 6.45) is 5.06. The molecule has 0 unspecified atom stereocenters. The summed E-state index contributed by atoms with van der Waals surface area (Å²) in [6, 6.07) is 4.52. The maximum Gasteiger partial charge on any atom is 0.159 e. The maximum absolute atomic E-state index is 6.17. The van der Waals surface area contributed by atoms with Crippen molar-refractivity contribution in [3.8, 4) is 0 Å². The maximum atomic E-state index is 6.17. The number of fused-ring (bicyclic) bond motifs is 1. The number of ether oxygens (including phenoxy) is 1. The number of aromatic nitrogens is 4. The molecule has 5 rings (SSSR count). The summed E-state index contributed by atoms with van der Waals surface area (Å²) in [5, 5.41) is 5.57. The molecule has 0 amide bonds. The molecular weight excluding hydrogens is 414 g/mol. The Balaban J connectivity index is 1.35. The Hall–Kier alpha value is -2.71. The van der Waals surface area contributed by atoms with E-state index in [1.165, 1.54) is 16.9 Å². The van der Waals surface area contributed by atoms with Gasteiger partial charge < -0.3 is 20.3 Å². The highest BCUT2D eigenvalue weighted by atomic mass is 16.5. The third kappa shape index (κ3) is 4.29. The zero-order valence-electron chi connectivity index (χ0n) is 20.2. The highest BCUT2D eigenvalue weighted by Gasteiger charge is 2.31.